The third-order valence-corrected chi connectivity index (χ3v) is 5.16. The van der Waals surface area contributed by atoms with Crippen molar-refractivity contribution >= 4 is 39.7 Å². The number of imidazole rings is 1. The predicted octanol–water partition coefficient (Wildman–Crippen LogP) is 4.01. The number of aliphatic hydroxyl groups is 1. The average Bonchev–Trinajstić information content (AvgIpc) is 3.17. The van der Waals surface area contributed by atoms with Gasteiger partial charge in [0.25, 0.3) is 0 Å². The van der Waals surface area contributed by atoms with E-state index in [-0.39, 0.29) is 18.1 Å². The number of nitrogens with zero attached hydrogens (tertiary/aromatic N) is 3. The molecule has 0 radical (unpaired) electrons. The molecule has 4 rings (SSSR count). The number of nitrogens with one attached hydrogen (secondary N) is 1. The average molecular weight is 399 g/mol. The molecule has 7 nitrogen and oxygen atoms in total. The van der Waals surface area contributed by atoms with Crippen molar-refractivity contribution in [2.45, 2.75) is 0 Å². The van der Waals surface area contributed by atoms with E-state index in [9.17, 15) is 5.11 Å². The summed E-state index contributed by atoms with van der Waals surface area (Å²) in [6.07, 6.45) is 0. The molecule has 0 unspecified atom stereocenters. The number of rotatable bonds is 4. The number of hydrogen-bond acceptors (Lipinski definition) is 5. The van der Waals surface area contributed by atoms with Crippen LogP contribution in [-0.2, 0) is 7.05 Å². The Morgan fingerprint density at radius 1 is 1.14 bits per heavy atom. The number of methoxy groups -OCH3 is 2. The fourth-order valence-corrected chi connectivity index (χ4v) is 3.64. The maximum atomic E-state index is 10.6. The molecule has 28 heavy (non-hydrogen) atoms. The maximum Gasteiger partial charge on any atom is 0.148 e. The molecular formula is C20H19ClN4O3. The molecule has 1 aromatic heterocycles. The van der Waals surface area contributed by atoms with Crippen LogP contribution in [0.25, 0.3) is 16.6 Å². The first kappa shape index (κ1) is 18.2. The van der Waals surface area contributed by atoms with E-state index in [0.717, 1.165) is 11.0 Å². The van der Waals surface area contributed by atoms with Gasteiger partial charge in [0.2, 0.25) is 0 Å². The van der Waals surface area contributed by atoms with E-state index in [0.29, 0.717) is 33.6 Å². The Kier molecular flexibility index (Phi) is 4.39. The highest BCUT2D eigenvalue weighted by Gasteiger charge is 2.32. The third kappa shape index (κ3) is 2.75. The number of ether oxygens (including phenoxy) is 2. The number of amidine groups is 1. The van der Waals surface area contributed by atoms with Crippen LogP contribution in [0.15, 0.2) is 42.2 Å². The predicted molar refractivity (Wildman–Crippen MR) is 110 cm³/mol. The summed E-state index contributed by atoms with van der Waals surface area (Å²) in [5, 5.41) is 19.7. The molecule has 2 aromatic carbocycles. The number of halogens is 1. The SMILES string of the molecule is COc1ccc2c(c1)nc(C1=C(O)CN(c3ccc(OC)c(Cl)c3)C1=N)n2C. The second-order valence-electron chi connectivity index (χ2n) is 6.42. The van der Waals surface area contributed by atoms with Gasteiger partial charge in [0.15, 0.2) is 0 Å². The lowest BCUT2D eigenvalue weighted by atomic mass is 10.2. The van der Waals surface area contributed by atoms with Gasteiger partial charge < -0.3 is 24.0 Å². The van der Waals surface area contributed by atoms with Crippen LogP contribution in [-0.4, -0.2) is 41.3 Å². The Bertz CT molecular complexity index is 1140. The Hall–Kier alpha value is -3.19. The van der Waals surface area contributed by atoms with Crippen molar-refractivity contribution in [1.82, 2.24) is 9.55 Å². The van der Waals surface area contributed by atoms with Gasteiger partial charge in [0.1, 0.15) is 28.9 Å². The molecule has 3 aromatic rings. The summed E-state index contributed by atoms with van der Waals surface area (Å²) in [7, 11) is 5.01. The topological polar surface area (TPSA) is 83.6 Å². The van der Waals surface area contributed by atoms with E-state index in [1.807, 2.05) is 29.8 Å². The van der Waals surface area contributed by atoms with E-state index < -0.39 is 0 Å². The van der Waals surface area contributed by atoms with E-state index in [2.05, 4.69) is 4.98 Å². The summed E-state index contributed by atoms with van der Waals surface area (Å²) in [5.41, 5.74) is 2.70. The van der Waals surface area contributed by atoms with Crippen LogP contribution < -0.4 is 14.4 Å². The molecule has 144 valence electrons. The summed E-state index contributed by atoms with van der Waals surface area (Å²) >= 11 is 6.23. The first-order valence-electron chi connectivity index (χ1n) is 8.57. The molecule has 0 saturated heterocycles. The highest BCUT2D eigenvalue weighted by molar-refractivity contribution is 6.33. The lowest BCUT2D eigenvalue weighted by Gasteiger charge is -2.19. The molecule has 1 aliphatic heterocycles. The van der Waals surface area contributed by atoms with E-state index in [4.69, 9.17) is 26.5 Å². The summed E-state index contributed by atoms with van der Waals surface area (Å²) < 4.78 is 12.3. The van der Waals surface area contributed by atoms with Crippen molar-refractivity contribution in [2.75, 3.05) is 25.7 Å². The number of aliphatic hydroxyl groups excluding tert-OH is 1. The van der Waals surface area contributed by atoms with Crippen LogP contribution in [0.2, 0.25) is 5.02 Å². The van der Waals surface area contributed by atoms with Crippen molar-refractivity contribution in [2.24, 2.45) is 7.05 Å². The van der Waals surface area contributed by atoms with Gasteiger partial charge >= 0.3 is 0 Å². The molecule has 2 N–H and O–H groups in total. The summed E-state index contributed by atoms with van der Waals surface area (Å²) in [4.78, 5) is 6.30. The number of fused-ring (bicyclic) bond motifs is 1. The molecule has 0 atom stereocenters. The molecule has 0 amide bonds. The van der Waals surface area contributed by atoms with Gasteiger partial charge in [-0.15, -0.1) is 0 Å². The molecular weight excluding hydrogens is 380 g/mol. The molecule has 8 heteroatoms. The summed E-state index contributed by atoms with van der Waals surface area (Å²) in [5.74, 6) is 2.02. The molecule has 1 aliphatic rings. The van der Waals surface area contributed by atoms with Crippen LogP contribution in [0.1, 0.15) is 5.82 Å². The quantitative estimate of drug-likeness (QED) is 0.693. The van der Waals surface area contributed by atoms with Gasteiger partial charge in [-0.3, -0.25) is 5.41 Å². The lowest BCUT2D eigenvalue weighted by Crippen LogP contribution is -2.26. The van der Waals surface area contributed by atoms with E-state index in [1.54, 1.807) is 37.3 Å². The maximum absolute atomic E-state index is 10.6. The fraction of sp³-hybridized carbons (Fsp3) is 0.200. The van der Waals surface area contributed by atoms with Crippen LogP contribution in [0.5, 0.6) is 11.5 Å². The van der Waals surface area contributed by atoms with E-state index in [1.165, 1.54) is 0 Å². The molecule has 0 bridgehead atoms. The Morgan fingerprint density at radius 2 is 1.93 bits per heavy atom. The molecule has 0 aliphatic carbocycles. The highest BCUT2D eigenvalue weighted by Crippen LogP contribution is 2.35. The molecule has 0 saturated carbocycles. The third-order valence-electron chi connectivity index (χ3n) is 4.86. The summed E-state index contributed by atoms with van der Waals surface area (Å²) in [6.45, 7) is 0.170. The minimum absolute atomic E-state index is 0.0855. The first-order chi connectivity index (χ1) is 13.4. The second-order valence-corrected chi connectivity index (χ2v) is 6.83. The Labute approximate surface area is 166 Å². The van der Waals surface area contributed by atoms with Crippen LogP contribution in [0.3, 0.4) is 0 Å². The molecule has 0 fully saturated rings. The minimum atomic E-state index is 0.0855. The second kappa shape index (κ2) is 6.76. The fourth-order valence-electron chi connectivity index (χ4n) is 3.39. The van der Waals surface area contributed by atoms with Crippen LogP contribution in [0.4, 0.5) is 5.69 Å². The largest absolute Gasteiger partial charge is 0.509 e. The number of benzene rings is 2. The van der Waals surface area contributed by atoms with Crippen molar-refractivity contribution in [3.8, 4) is 11.5 Å². The number of hydrogen-bond donors (Lipinski definition) is 2. The Morgan fingerprint density at radius 3 is 2.61 bits per heavy atom. The van der Waals surface area contributed by atoms with Crippen molar-refractivity contribution in [3.05, 3.63) is 53.0 Å². The van der Waals surface area contributed by atoms with Crippen molar-refractivity contribution in [1.29, 1.82) is 5.41 Å². The zero-order valence-corrected chi connectivity index (χ0v) is 16.4. The monoisotopic (exact) mass is 398 g/mol. The van der Waals surface area contributed by atoms with Crippen LogP contribution >= 0.6 is 11.6 Å². The van der Waals surface area contributed by atoms with Gasteiger partial charge in [-0.2, -0.15) is 0 Å². The molecule has 2 heterocycles. The van der Waals surface area contributed by atoms with Gasteiger partial charge in [0, 0.05) is 18.8 Å². The smallest absolute Gasteiger partial charge is 0.148 e. The lowest BCUT2D eigenvalue weighted by molar-refractivity contribution is 0.411. The number of aryl methyl sites for hydroxylation is 1. The standard InChI is InChI=1S/C20H19ClN4O3/c1-24-15-6-5-12(27-2)9-14(15)23-20(24)18-16(26)10-25(19(18)22)11-4-7-17(28-3)13(21)8-11/h4-9,22,26H,10H2,1-3H3. The Balaban J connectivity index is 1.74. The normalized spacial score (nSPS) is 14.3. The van der Waals surface area contributed by atoms with Crippen molar-refractivity contribution in [3.63, 3.8) is 0 Å². The van der Waals surface area contributed by atoms with Crippen molar-refractivity contribution < 1.29 is 14.6 Å². The highest BCUT2D eigenvalue weighted by atomic mass is 35.5. The number of aromatic nitrogens is 2. The van der Waals surface area contributed by atoms with Crippen LogP contribution in [0, 0.1) is 5.41 Å². The first-order valence-corrected chi connectivity index (χ1v) is 8.95. The molecule has 0 spiro atoms. The van der Waals surface area contributed by atoms with Gasteiger partial charge in [-0.25, -0.2) is 4.98 Å². The zero-order valence-electron chi connectivity index (χ0n) is 15.7. The zero-order chi connectivity index (χ0) is 20.0. The minimum Gasteiger partial charge on any atom is -0.509 e. The summed E-state index contributed by atoms with van der Waals surface area (Å²) in [6, 6.07) is 10.8. The van der Waals surface area contributed by atoms with E-state index >= 15 is 0 Å². The van der Waals surface area contributed by atoms with Gasteiger partial charge in [-0.1, -0.05) is 11.6 Å². The van der Waals surface area contributed by atoms with Gasteiger partial charge in [0.05, 0.1) is 42.4 Å². The van der Waals surface area contributed by atoms with Gasteiger partial charge in [-0.05, 0) is 30.3 Å². The number of anilines is 1.